The molecule has 0 spiro atoms. The quantitative estimate of drug-likeness (QED) is 0.393. The third-order valence-electron chi connectivity index (χ3n) is 5.52. The van der Waals surface area contributed by atoms with Gasteiger partial charge < -0.3 is 4.74 Å². The lowest BCUT2D eigenvalue weighted by Gasteiger charge is -2.23. The molecule has 0 bridgehead atoms. The molecule has 152 valence electrons. The molecule has 3 aromatic carbocycles. The largest absolute Gasteiger partial charge is 0.376 e. The minimum atomic E-state index is 0.0250. The number of ether oxygens (including phenoxy) is 1. The van der Waals surface area contributed by atoms with E-state index >= 15 is 0 Å². The monoisotopic (exact) mass is 436 g/mol. The number of benzene rings is 3. The van der Waals surface area contributed by atoms with Crippen LogP contribution in [-0.4, -0.2) is 30.1 Å². The lowest BCUT2D eigenvalue weighted by Crippen LogP contribution is -2.38. The molecule has 2 heterocycles. The summed E-state index contributed by atoms with van der Waals surface area (Å²) in [6.45, 7) is 1.27. The number of carbonyl (C=O) groups is 1. The van der Waals surface area contributed by atoms with Gasteiger partial charge in [0, 0.05) is 6.61 Å². The summed E-state index contributed by atoms with van der Waals surface area (Å²) >= 11 is 7.84. The van der Waals surface area contributed by atoms with Gasteiger partial charge in [-0.05, 0) is 41.3 Å². The summed E-state index contributed by atoms with van der Waals surface area (Å²) in [5.41, 5.74) is 1.77. The van der Waals surface area contributed by atoms with Gasteiger partial charge in [0.1, 0.15) is 5.52 Å². The third kappa shape index (κ3) is 3.81. The topological polar surface area (TPSA) is 42.4 Å². The molecule has 1 atom stereocenters. The SMILES string of the molecule is O=C(Cc1cccc2ccccc12)N(CC1CCCO1)c1nc2c(Cl)cccc2s1. The van der Waals surface area contributed by atoms with Gasteiger partial charge >= 0.3 is 0 Å². The number of carbonyl (C=O) groups excluding carboxylic acids is 1. The number of amides is 1. The second kappa shape index (κ2) is 8.34. The van der Waals surface area contributed by atoms with Crippen molar-refractivity contribution in [2.24, 2.45) is 0 Å². The van der Waals surface area contributed by atoms with Crippen molar-refractivity contribution in [1.29, 1.82) is 0 Å². The van der Waals surface area contributed by atoms with Crippen LogP contribution in [-0.2, 0) is 16.0 Å². The summed E-state index contributed by atoms with van der Waals surface area (Å²) < 4.78 is 6.81. The van der Waals surface area contributed by atoms with Gasteiger partial charge in [-0.2, -0.15) is 0 Å². The number of nitrogens with zero attached hydrogens (tertiary/aromatic N) is 2. The Morgan fingerprint density at radius 3 is 2.80 bits per heavy atom. The zero-order valence-corrected chi connectivity index (χ0v) is 18.0. The standard InChI is InChI=1S/C24H21ClN2O2S/c25-20-11-4-12-21-23(20)26-24(30-21)27(15-18-9-5-13-29-18)22(28)14-17-8-3-7-16-6-1-2-10-19(16)17/h1-4,6-8,10-12,18H,5,9,13-15H2. The highest BCUT2D eigenvalue weighted by molar-refractivity contribution is 7.22. The molecule has 6 heteroatoms. The molecule has 1 amide bonds. The van der Waals surface area contributed by atoms with Crippen LogP contribution in [0, 0.1) is 0 Å². The predicted octanol–water partition coefficient (Wildman–Crippen LogP) is 5.86. The van der Waals surface area contributed by atoms with Crippen molar-refractivity contribution in [3.05, 3.63) is 71.2 Å². The number of thiazole rings is 1. The molecule has 5 rings (SSSR count). The number of anilines is 1. The van der Waals surface area contributed by atoms with Crippen LogP contribution < -0.4 is 4.90 Å². The van der Waals surface area contributed by atoms with Crippen LogP contribution in [0.3, 0.4) is 0 Å². The number of aromatic nitrogens is 1. The highest BCUT2D eigenvalue weighted by Gasteiger charge is 2.26. The van der Waals surface area contributed by atoms with E-state index in [-0.39, 0.29) is 12.0 Å². The minimum absolute atomic E-state index is 0.0250. The molecule has 4 nitrogen and oxygen atoms in total. The summed E-state index contributed by atoms with van der Waals surface area (Å²) in [5.74, 6) is 0.0250. The first kappa shape index (κ1) is 19.5. The smallest absolute Gasteiger partial charge is 0.233 e. The van der Waals surface area contributed by atoms with Crippen LogP contribution in [0.1, 0.15) is 18.4 Å². The molecule has 1 aliphatic heterocycles. The Balaban J connectivity index is 1.50. The summed E-state index contributed by atoms with van der Waals surface area (Å²) in [5, 5.41) is 3.53. The molecule has 1 fully saturated rings. The van der Waals surface area contributed by atoms with Crippen molar-refractivity contribution < 1.29 is 9.53 Å². The van der Waals surface area contributed by atoms with Gasteiger partial charge in [0.2, 0.25) is 5.91 Å². The van der Waals surface area contributed by atoms with Crippen molar-refractivity contribution >= 4 is 55.0 Å². The molecule has 0 N–H and O–H groups in total. The fraction of sp³-hybridized carbons (Fsp3) is 0.250. The molecule has 0 radical (unpaired) electrons. The molecule has 1 aromatic heterocycles. The van der Waals surface area contributed by atoms with E-state index < -0.39 is 0 Å². The Morgan fingerprint density at radius 1 is 1.13 bits per heavy atom. The van der Waals surface area contributed by atoms with Crippen molar-refractivity contribution in [3.8, 4) is 0 Å². The molecule has 1 unspecified atom stereocenters. The first-order valence-electron chi connectivity index (χ1n) is 10.1. The summed E-state index contributed by atoms with van der Waals surface area (Å²) in [6, 6.07) is 20.0. The lowest BCUT2D eigenvalue weighted by molar-refractivity contribution is -0.118. The molecule has 1 saturated heterocycles. The molecule has 1 aliphatic rings. The predicted molar refractivity (Wildman–Crippen MR) is 124 cm³/mol. The van der Waals surface area contributed by atoms with E-state index in [1.54, 1.807) is 4.90 Å². The molecular weight excluding hydrogens is 416 g/mol. The normalized spacial score (nSPS) is 16.4. The van der Waals surface area contributed by atoms with E-state index in [1.165, 1.54) is 11.3 Å². The van der Waals surface area contributed by atoms with Crippen molar-refractivity contribution in [2.75, 3.05) is 18.1 Å². The van der Waals surface area contributed by atoms with Crippen molar-refractivity contribution in [3.63, 3.8) is 0 Å². The highest BCUT2D eigenvalue weighted by atomic mass is 35.5. The average Bonchev–Trinajstić information content (AvgIpc) is 3.42. The maximum absolute atomic E-state index is 13.5. The van der Waals surface area contributed by atoms with Gasteiger partial charge in [-0.25, -0.2) is 4.98 Å². The molecular formula is C24H21ClN2O2S. The van der Waals surface area contributed by atoms with Crippen LogP contribution in [0.25, 0.3) is 21.0 Å². The van der Waals surface area contributed by atoms with Gasteiger partial charge in [-0.15, -0.1) is 0 Å². The van der Waals surface area contributed by atoms with Gasteiger partial charge in [0.25, 0.3) is 0 Å². The molecule has 0 aliphatic carbocycles. The van der Waals surface area contributed by atoms with Crippen LogP contribution in [0.15, 0.2) is 60.7 Å². The van der Waals surface area contributed by atoms with Crippen molar-refractivity contribution in [2.45, 2.75) is 25.4 Å². The number of fused-ring (bicyclic) bond motifs is 2. The summed E-state index contributed by atoms with van der Waals surface area (Å²) in [4.78, 5) is 20.0. The second-order valence-electron chi connectivity index (χ2n) is 7.54. The first-order chi connectivity index (χ1) is 14.7. The van der Waals surface area contributed by atoms with E-state index in [0.717, 1.165) is 46.0 Å². The zero-order chi connectivity index (χ0) is 20.5. The number of hydrogen-bond acceptors (Lipinski definition) is 4. The number of halogens is 1. The second-order valence-corrected chi connectivity index (χ2v) is 8.95. The van der Waals surface area contributed by atoms with Crippen LogP contribution in [0.5, 0.6) is 0 Å². The van der Waals surface area contributed by atoms with E-state index in [4.69, 9.17) is 21.3 Å². The Kier molecular flexibility index (Phi) is 5.42. The third-order valence-corrected chi connectivity index (χ3v) is 6.87. The van der Waals surface area contributed by atoms with E-state index in [1.807, 2.05) is 42.5 Å². The van der Waals surface area contributed by atoms with Gasteiger partial charge in [-0.1, -0.05) is 71.5 Å². The summed E-state index contributed by atoms with van der Waals surface area (Å²) in [7, 11) is 0. The Bertz CT molecular complexity index is 1210. The Morgan fingerprint density at radius 2 is 1.97 bits per heavy atom. The first-order valence-corrected chi connectivity index (χ1v) is 11.3. The molecule has 0 saturated carbocycles. The van der Waals surface area contributed by atoms with Crippen LogP contribution >= 0.6 is 22.9 Å². The van der Waals surface area contributed by atoms with Crippen LogP contribution in [0.4, 0.5) is 5.13 Å². The van der Waals surface area contributed by atoms with Crippen molar-refractivity contribution in [1.82, 2.24) is 4.98 Å². The van der Waals surface area contributed by atoms with Gasteiger partial charge in [0.05, 0.1) is 28.8 Å². The van der Waals surface area contributed by atoms with E-state index in [2.05, 4.69) is 18.2 Å². The zero-order valence-electron chi connectivity index (χ0n) is 16.4. The number of rotatable bonds is 5. The van der Waals surface area contributed by atoms with Crippen LogP contribution in [0.2, 0.25) is 5.02 Å². The minimum Gasteiger partial charge on any atom is -0.376 e. The highest BCUT2D eigenvalue weighted by Crippen LogP contribution is 2.34. The van der Waals surface area contributed by atoms with Gasteiger partial charge in [-0.3, -0.25) is 9.69 Å². The number of para-hydroxylation sites is 1. The van der Waals surface area contributed by atoms with E-state index in [9.17, 15) is 4.79 Å². The maximum Gasteiger partial charge on any atom is 0.233 e. The Hall–Kier alpha value is -2.47. The number of hydrogen-bond donors (Lipinski definition) is 0. The fourth-order valence-electron chi connectivity index (χ4n) is 4.00. The molecule has 4 aromatic rings. The van der Waals surface area contributed by atoms with Gasteiger partial charge in [0.15, 0.2) is 5.13 Å². The maximum atomic E-state index is 13.5. The average molecular weight is 437 g/mol. The fourth-order valence-corrected chi connectivity index (χ4v) is 5.29. The lowest BCUT2D eigenvalue weighted by atomic mass is 10.0. The molecule has 30 heavy (non-hydrogen) atoms. The summed E-state index contributed by atoms with van der Waals surface area (Å²) in [6.07, 6.45) is 2.35. The Labute approximate surface area is 184 Å². The van der Waals surface area contributed by atoms with E-state index in [0.29, 0.717) is 23.1 Å².